The maximum Gasteiger partial charge on any atom is 0.165 e. The fourth-order valence-electron chi connectivity index (χ4n) is 1.12. The van der Waals surface area contributed by atoms with E-state index in [1.165, 1.54) is 6.07 Å². The summed E-state index contributed by atoms with van der Waals surface area (Å²) < 4.78 is 19.4. The minimum absolute atomic E-state index is 0.274. The molecule has 0 N–H and O–H groups in total. The molecule has 0 bridgehead atoms. The van der Waals surface area contributed by atoms with Crippen molar-refractivity contribution >= 4 is 27.3 Å². The molecule has 2 rings (SSSR count). The van der Waals surface area contributed by atoms with E-state index < -0.39 is 0 Å². The van der Waals surface area contributed by atoms with Gasteiger partial charge in [-0.3, -0.25) is 0 Å². The second kappa shape index (κ2) is 4.77. The molecule has 0 saturated carbocycles. The topological polar surface area (TPSA) is 9.23 Å². The zero-order valence-corrected chi connectivity index (χ0v) is 10.1. The average Bonchev–Trinajstić information content (AvgIpc) is 2.72. The van der Waals surface area contributed by atoms with Crippen molar-refractivity contribution in [2.24, 2.45) is 0 Å². The molecule has 0 atom stereocenters. The number of thiophene rings is 1. The first kappa shape index (κ1) is 10.6. The number of hydrogen-bond donors (Lipinski definition) is 0. The Hall–Kier alpha value is -0.870. The summed E-state index contributed by atoms with van der Waals surface area (Å²) in [6.07, 6.45) is 0. The van der Waals surface area contributed by atoms with Crippen molar-refractivity contribution in [1.82, 2.24) is 0 Å². The Balaban J connectivity index is 2.07. The predicted molar refractivity (Wildman–Crippen MR) is 62.8 cm³/mol. The first-order valence-corrected chi connectivity index (χ1v) is 6.08. The molecule has 0 spiro atoms. The van der Waals surface area contributed by atoms with Crippen LogP contribution in [-0.2, 0) is 6.61 Å². The average molecular weight is 287 g/mol. The van der Waals surface area contributed by atoms with E-state index >= 15 is 0 Å². The van der Waals surface area contributed by atoms with Gasteiger partial charge >= 0.3 is 0 Å². The van der Waals surface area contributed by atoms with Gasteiger partial charge in [-0.15, -0.1) is 0 Å². The Morgan fingerprint density at radius 3 is 2.93 bits per heavy atom. The van der Waals surface area contributed by atoms with E-state index in [1.807, 2.05) is 16.8 Å². The van der Waals surface area contributed by atoms with E-state index in [-0.39, 0.29) is 11.6 Å². The molecule has 0 aliphatic heterocycles. The van der Waals surface area contributed by atoms with Gasteiger partial charge in [0.2, 0.25) is 0 Å². The van der Waals surface area contributed by atoms with Crippen molar-refractivity contribution in [1.29, 1.82) is 0 Å². The van der Waals surface area contributed by atoms with Gasteiger partial charge in [-0.05, 0) is 40.6 Å². The van der Waals surface area contributed by atoms with Crippen LogP contribution in [0.25, 0.3) is 0 Å². The minimum Gasteiger partial charge on any atom is -0.486 e. The summed E-state index contributed by atoms with van der Waals surface area (Å²) in [6.45, 7) is 0.400. The summed E-state index contributed by atoms with van der Waals surface area (Å²) in [5.41, 5.74) is 1.05. The van der Waals surface area contributed by atoms with Gasteiger partial charge in [0.25, 0.3) is 0 Å². The van der Waals surface area contributed by atoms with Gasteiger partial charge in [-0.1, -0.05) is 15.9 Å². The molecule has 0 aliphatic carbocycles. The van der Waals surface area contributed by atoms with Crippen LogP contribution in [0.3, 0.4) is 0 Å². The lowest BCUT2D eigenvalue weighted by Crippen LogP contribution is -1.95. The smallest absolute Gasteiger partial charge is 0.165 e. The van der Waals surface area contributed by atoms with Crippen LogP contribution < -0.4 is 4.74 Å². The van der Waals surface area contributed by atoms with Gasteiger partial charge in [-0.25, -0.2) is 4.39 Å². The van der Waals surface area contributed by atoms with Crippen molar-refractivity contribution in [3.05, 3.63) is 50.9 Å². The SMILES string of the molecule is Fc1ccc(Br)cc1OCc1ccsc1. The van der Waals surface area contributed by atoms with Crippen molar-refractivity contribution in [2.45, 2.75) is 6.61 Å². The summed E-state index contributed by atoms with van der Waals surface area (Å²) in [5.74, 6) is -0.0657. The largest absolute Gasteiger partial charge is 0.486 e. The Morgan fingerprint density at radius 2 is 2.20 bits per heavy atom. The molecule has 4 heteroatoms. The summed E-state index contributed by atoms with van der Waals surface area (Å²) in [4.78, 5) is 0. The second-order valence-electron chi connectivity index (χ2n) is 3.00. The van der Waals surface area contributed by atoms with Crippen molar-refractivity contribution in [3.8, 4) is 5.75 Å². The molecular formula is C11H8BrFOS. The van der Waals surface area contributed by atoms with Gasteiger partial charge in [0.05, 0.1) is 0 Å². The number of halogens is 2. The highest BCUT2D eigenvalue weighted by molar-refractivity contribution is 9.10. The maximum absolute atomic E-state index is 13.3. The molecular weight excluding hydrogens is 279 g/mol. The Morgan fingerprint density at radius 1 is 1.33 bits per heavy atom. The molecule has 0 aliphatic rings. The maximum atomic E-state index is 13.3. The molecule has 15 heavy (non-hydrogen) atoms. The number of ether oxygens (including phenoxy) is 1. The summed E-state index contributed by atoms with van der Waals surface area (Å²) in [6, 6.07) is 6.61. The molecule has 1 aromatic carbocycles. The van der Waals surface area contributed by atoms with Crippen LogP contribution in [0.4, 0.5) is 4.39 Å². The van der Waals surface area contributed by atoms with E-state index in [0.29, 0.717) is 6.61 Å². The first-order valence-electron chi connectivity index (χ1n) is 4.34. The molecule has 0 unspecified atom stereocenters. The van der Waals surface area contributed by atoms with Gasteiger partial charge < -0.3 is 4.74 Å². The normalized spacial score (nSPS) is 10.3. The highest BCUT2D eigenvalue weighted by Crippen LogP contribution is 2.23. The summed E-state index contributed by atoms with van der Waals surface area (Å²) in [7, 11) is 0. The highest BCUT2D eigenvalue weighted by atomic mass is 79.9. The lowest BCUT2D eigenvalue weighted by Gasteiger charge is -2.06. The van der Waals surface area contributed by atoms with E-state index in [1.54, 1.807) is 23.5 Å². The lowest BCUT2D eigenvalue weighted by molar-refractivity contribution is 0.290. The number of benzene rings is 1. The fourth-order valence-corrected chi connectivity index (χ4v) is 2.12. The van der Waals surface area contributed by atoms with Gasteiger partial charge in [-0.2, -0.15) is 11.3 Å². The summed E-state index contributed by atoms with van der Waals surface area (Å²) in [5, 5.41) is 3.95. The van der Waals surface area contributed by atoms with Crippen LogP contribution in [0, 0.1) is 5.82 Å². The van der Waals surface area contributed by atoms with E-state index in [0.717, 1.165) is 10.0 Å². The van der Waals surface area contributed by atoms with E-state index in [2.05, 4.69) is 15.9 Å². The predicted octanol–water partition coefficient (Wildman–Crippen LogP) is 4.23. The number of rotatable bonds is 3. The van der Waals surface area contributed by atoms with Crippen LogP contribution in [0.2, 0.25) is 0 Å². The molecule has 2 aromatic rings. The molecule has 0 saturated heterocycles. The molecule has 0 radical (unpaired) electrons. The zero-order valence-electron chi connectivity index (χ0n) is 7.74. The van der Waals surface area contributed by atoms with Gasteiger partial charge in [0, 0.05) is 4.47 Å². The molecule has 0 amide bonds. The first-order chi connectivity index (χ1) is 7.25. The van der Waals surface area contributed by atoms with E-state index in [9.17, 15) is 4.39 Å². The van der Waals surface area contributed by atoms with Crippen LogP contribution >= 0.6 is 27.3 Å². The highest BCUT2D eigenvalue weighted by Gasteiger charge is 2.04. The molecule has 1 aromatic heterocycles. The van der Waals surface area contributed by atoms with Crippen LogP contribution in [0.1, 0.15) is 5.56 Å². The molecule has 78 valence electrons. The summed E-state index contributed by atoms with van der Waals surface area (Å²) >= 11 is 4.87. The third kappa shape index (κ3) is 2.79. The monoisotopic (exact) mass is 286 g/mol. The molecule has 0 fully saturated rings. The Labute approximate surface area is 99.6 Å². The van der Waals surface area contributed by atoms with Crippen molar-refractivity contribution in [3.63, 3.8) is 0 Å². The third-order valence-electron chi connectivity index (χ3n) is 1.87. The van der Waals surface area contributed by atoms with Crippen LogP contribution in [0.5, 0.6) is 5.75 Å². The molecule has 1 heterocycles. The van der Waals surface area contributed by atoms with Crippen LogP contribution in [-0.4, -0.2) is 0 Å². The Bertz CT molecular complexity index is 442. The fraction of sp³-hybridized carbons (Fsp3) is 0.0909. The van der Waals surface area contributed by atoms with Crippen LogP contribution in [0.15, 0.2) is 39.5 Å². The third-order valence-corrected chi connectivity index (χ3v) is 3.09. The van der Waals surface area contributed by atoms with Crippen molar-refractivity contribution < 1.29 is 9.13 Å². The molecule has 1 nitrogen and oxygen atoms in total. The Kier molecular flexibility index (Phi) is 3.38. The minimum atomic E-state index is -0.339. The zero-order chi connectivity index (χ0) is 10.7. The van der Waals surface area contributed by atoms with Crippen molar-refractivity contribution in [2.75, 3.05) is 0 Å². The van der Waals surface area contributed by atoms with Gasteiger partial charge in [0.15, 0.2) is 11.6 Å². The van der Waals surface area contributed by atoms with Gasteiger partial charge in [0.1, 0.15) is 6.61 Å². The quantitative estimate of drug-likeness (QED) is 0.821. The standard InChI is InChI=1S/C11H8BrFOS/c12-9-1-2-10(13)11(5-9)14-6-8-3-4-15-7-8/h1-5,7H,6H2. The number of hydrogen-bond acceptors (Lipinski definition) is 2. The second-order valence-corrected chi connectivity index (χ2v) is 4.69. The lowest BCUT2D eigenvalue weighted by atomic mass is 10.3. The van der Waals surface area contributed by atoms with E-state index in [4.69, 9.17) is 4.74 Å².